The summed E-state index contributed by atoms with van der Waals surface area (Å²) in [6.45, 7) is 2.07. The van der Waals surface area contributed by atoms with Crippen LogP contribution in [0.2, 0.25) is 0 Å². The Morgan fingerprint density at radius 3 is 2.69 bits per heavy atom. The second kappa shape index (κ2) is 6.37. The Morgan fingerprint density at radius 2 is 2.12 bits per heavy atom. The summed E-state index contributed by atoms with van der Waals surface area (Å²) >= 11 is 3.23. The van der Waals surface area contributed by atoms with E-state index in [1.807, 2.05) is 0 Å². The van der Waals surface area contributed by atoms with E-state index in [9.17, 15) is 9.59 Å². The summed E-state index contributed by atoms with van der Waals surface area (Å²) in [6, 6.07) is 3.36. The number of carbonyl (C=O) groups excluding carboxylic acids is 2. The number of pyridine rings is 1. The van der Waals surface area contributed by atoms with Crippen molar-refractivity contribution in [1.29, 1.82) is 0 Å². The minimum atomic E-state index is -0.354. The largest absolute Gasteiger partial charge is 0.466 e. The van der Waals surface area contributed by atoms with E-state index in [1.165, 1.54) is 0 Å². The van der Waals surface area contributed by atoms with Crippen LogP contribution >= 0.6 is 15.9 Å². The third kappa shape index (κ3) is 4.10. The van der Waals surface area contributed by atoms with Crippen LogP contribution in [0.4, 0.5) is 0 Å². The van der Waals surface area contributed by atoms with Gasteiger partial charge in [0.2, 0.25) is 0 Å². The zero-order valence-corrected chi connectivity index (χ0v) is 10.5. The summed E-state index contributed by atoms with van der Waals surface area (Å²) in [5, 5.41) is 0. The third-order valence-corrected chi connectivity index (χ3v) is 2.34. The molecule has 0 radical (unpaired) electrons. The lowest BCUT2D eigenvalue weighted by Crippen LogP contribution is -2.08. The van der Waals surface area contributed by atoms with Crippen molar-refractivity contribution < 1.29 is 14.3 Å². The minimum absolute atomic E-state index is 0.102. The molecule has 0 aliphatic carbocycles. The second-order valence-electron chi connectivity index (χ2n) is 3.09. The van der Waals surface area contributed by atoms with Gasteiger partial charge in [0.1, 0.15) is 5.69 Å². The first kappa shape index (κ1) is 12.8. The molecule has 0 N–H and O–H groups in total. The van der Waals surface area contributed by atoms with E-state index in [0.29, 0.717) is 12.3 Å². The van der Waals surface area contributed by atoms with Crippen molar-refractivity contribution in [2.45, 2.75) is 19.8 Å². The van der Waals surface area contributed by atoms with E-state index in [2.05, 4.69) is 20.9 Å². The Balaban J connectivity index is 2.47. The van der Waals surface area contributed by atoms with Gasteiger partial charge in [-0.1, -0.05) is 0 Å². The van der Waals surface area contributed by atoms with Crippen LogP contribution in [0.3, 0.4) is 0 Å². The van der Waals surface area contributed by atoms with E-state index >= 15 is 0 Å². The van der Waals surface area contributed by atoms with Gasteiger partial charge in [0.15, 0.2) is 5.78 Å². The maximum absolute atomic E-state index is 11.6. The molecule has 0 aliphatic rings. The van der Waals surface area contributed by atoms with Crippen molar-refractivity contribution in [1.82, 2.24) is 4.98 Å². The van der Waals surface area contributed by atoms with Crippen molar-refractivity contribution >= 4 is 27.7 Å². The summed E-state index contributed by atoms with van der Waals surface area (Å²) in [4.78, 5) is 26.6. The lowest BCUT2D eigenvalue weighted by atomic mass is 10.1. The number of nitrogens with zero attached hydrogens (tertiary/aromatic N) is 1. The number of aromatic nitrogens is 1. The van der Waals surface area contributed by atoms with Crippen LogP contribution in [0, 0.1) is 0 Å². The summed E-state index contributed by atoms with van der Waals surface area (Å²) in [5.41, 5.74) is 0.368. The molecule has 1 heterocycles. The summed E-state index contributed by atoms with van der Waals surface area (Å²) in [7, 11) is 0. The average molecular weight is 286 g/mol. The van der Waals surface area contributed by atoms with E-state index in [1.54, 1.807) is 25.3 Å². The molecule has 0 unspecified atom stereocenters. The first-order chi connectivity index (χ1) is 7.63. The predicted octanol–water partition coefficient (Wildman–Crippen LogP) is 2.37. The number of hydrogen-bond acceptors (Lipinski definition) is 4. The molecule has 5 heteroatoms. The fraction of sp³-hybridized carbons (Fsp3) is 0.364. The molecule has 0 fully saturated rings. The molecule has 1 aromatic rings. The number of hydrogen-bond donors (Lipinski definition) is 0. The Hall–Kier alpha value is -1.23. The van der Waals surface area contributed by atoms with Crippen LogP contribution in [0.1, 0.15) is 30.3 Å². The lowest BCUT2D eigenvalue weighted by molar-refractivity contribution is -0.143. The molecular weight excluding hydrogens is 274 g/mol. The fourth-order valence-corrected chi connectivity index (χ4v) is 1.35. The number of halogens is 1. The van der Waals surface area contributed by atoms with Crippen molar-refractivity contribution in [3.63, 3.8) is 0 Å². The molecule has 16 heavy (non-hydrogen) atoms. The number of ether oxygens (including phenoxy) is 1. The SMILES string of the molecule is CCOC(=O)CCC(=O)c1ccc(Br)cn1. The molecule has 0 aliphatic heterocycles. The van der Waals surface area contributed by atoms with Crippen LogP contribution in [0.25, 0.3) is 0 Å². The van der Waals surface area contributed by atoms with Gasteiger partial charge in [0, 0.05) is 17.1 Å². The van der Waals surface area contributed by atoms with Gasteiger partial charge < -0.3 is 4.74 Å². The molecule has 0 saturated heterocycles. The van der Waals surface area contributed by atoms with Crippen LogP contribution in [0.15, 0.2) is 22.8 Å². The van der Waals surface area contributed by atoms with Gasteiger partial charge >= 0.3 is 5.97 Å². The number of esters is 1. The number of ketones is 1. The number of rotatable bonds is 5. The molecule has 86 valence electrons. The number of carbonyl (C=O) groups is 2. The fourth-order valence-electron chi connectivity index (χ4n) is 1.12. The molecule has 4 nitrogen and oxygen atoms in total. The Bertz CT molecular complexity index is 375. The maximum Gasteiger partial charge on any atom is 0.306 e. The highest BCUT2D eigenvalue weighted by Crippen LogP contribution is 2.09. The highest BCUT2D eigenvalue weighted by atomic mass is 79.9. The average Bonchev–Trinajstić information content (AvgIpc) is 2.27. The van der Waals surface area contributed by atoms with Crippen molar-refractivity contribution in [2.75, 3.05) is 6.61 Å². The highest BCUT2D eigenvalue weighted by Gasteiger charge is 2.10. The van der Waals surface area contributed by atoms with Crippen LogP contribution in [0.5, 0.6) is 0 Å². The molecule has 0 bridgehead atoms. The predicted molar refractivity (Wildman–Crippen MR) is 62.1 cm³/mol. The maximum atomic E-state index is 11.6. The van der Waals surface area contributed by atoms with E-state index in [-0.39, 0.29) is 24.6 Å². The quantitative estimate of drug-likeness (QED) is 0.616. The Kier molecular flexibility index (Phi) is 5.11. The lowest BCUT2D eigenvalue weighted by Gasteiger charge is -2.01. The smallest absolute Gasteiger partial charge is 0.306 e. The minimum Gasteiger partial charge on any atom is -0.466 e. The van der Waals surface area contributed by atoms with Crippen LogP contribution < -0.4 is 0 Å². The summed E-state index contributed by atoms with van der Waals surface area (Å²) in [5.74, 6) is -0.506. The van der Waals surface area contributed by atoms with Crippen molar-refractivity contribution in [3.05, 3.63) is 28.5 Å². The highest BCUT2D eigenvalue weighted by molar-refractivity contribution is 9.10. The van der Waals surface area contributed by atoms with E-state index in [4.69, 9.17) is 4.74 Å². The molecule has 0 atom stereocenters. The van der Waals surface area contributed by atoms with Crippen LogP contribution in [-0.2, 0) is 9.53 Å². The van der Waals surface area contributed by atoms with Gasteiger partial charge in [0.05, 0.1) is 13.0 Å². The monoisotopic (exact) mass is 285 g/mol. The zero-order chi connectivity index (χ0) is 12.0. The van der Waals surface area contributed by atoms with E-state index in [0.717, 1.165) is 4.47 Å². The van der Waals surface area contributed by atoms with Crippen molar-refractivity contribution in [3.8, 4) is 0 Å². The van der Waals surface area contributed by atoms with Gasteiger partial charge in [-0.3, -0.25) is 14.6 Å². The van der Waals surface area contributed by atoms with Gasteiger partial charge in [-0.05, 0) is 35.0 Å². The number of Topliss-reactive ketones (excluding diaryl/α,β-unsaturated/α-hetero) is 1. The third-order valence-electron chi connectivity index (χ3n) is 1.87. The normalized spacial score (nSPS) is 9.88. The molecule has 1 rings (SSSR count). The molecular formula is C11H12BrNO3. The molecule has 0 aromatic carbocycles. The van der Waals surface area contributed by atoms with Gasteiger partial charge in [-0.2, -0.15) is 0 Å². The van der Waals surface area contributed by atoms with Gasteiger partial charge in [-0.15, -0.1) is 0 Å². The van der Waals surface area contributed by atoms with E-state index < -0.39 is 0 Å². The zero-order valence-electron chi connectivity index (χ0n) is 8.90. The topological polar surface area (TPSA) is 56.3 Å². The Labute approximate surface area is 102 Å². The summed E-state index contributed by atoms with van der Waals surface area (Å²) < 4.78 is 5.54. The van der Waals surface area contributed by atoms with Gasteiger partial charge in [-0.25, -0.2) is 0 Å². The molecule has 0 amide bonds. The first-order valence-electron chi connectivity index (χ1n) is 4.94. The summed E-state index contributed by atoms with van der Waals surface area (Å²) in [6.07, 6.45) is 1.79. The first-order valence-corrected chi connectivity index (χ1v) is 5.73. The van der Waals surface area contributed by atoms with Crippen molar-refractivity contribution in [2.24, 2.45) is 0 Å². The van der Waals surface area contributed by atoms with Gasteiger partial charge in [0.25, 0.3) is 0 Å². The molecule has 0 saturated carbocycles. The Morgan fingerprint density at radius 1 is 1.38 bits per heavy atom. The molecule has 0 spiro atoms. The standard InChI is InChI=1S/C11H12BrNO3/c1-2-16-11(15)6-5-10(14)9-4-3-8(12)7-13-9/h3-4,7H,2,5-6H2,1H3. The second-order valence-corrected chi connectivity index (χ2v) is 4.01. The van der Waals surface area contributed by atoms with Crippen LogP contribution in [-0.4, -0.2) is 23.3 Å². The molecule has 1 aromatic heterocycles.